The lowest BCUT2D eigenvalue weighted by Crippen LogP contribution is -2.31. The van der Waals surface area contributed by atoms with Crippen molar-refractivity contribution in [2.24, 2.45) is 0 Å². The fraction of sp³-hybridized carbons (Fsp3) is 0.367. The van der Waals surface area contributed by atoms with Crippen molar-refractivity contribution in [1.82, 2.24) is 4.90 Å². The second-order valence-electron chi connectivity index (χ2n) is 10.5. The molecule has 1 amide bonds. The highest BCUT2D eigenvalue weighted by molar-refractivity contribution is 7.84. The number of carbonyl (C=O) groups is 1. The van der Waals surface area contributed by atoms with Gasteiger partial charge in [-0.15, -0.1) is 0 Å². The molecule has 0 saturated carbocycles. The topological polar surface area (TPSA) is 55.8 Å². The Morgan fingerprint density at radius 1 is 0.953 bits per heavy atom. The predicted octanol–water partition coefficient (Wildman–Crippen LogP) is 8.48. The SMILES string of the molecule is COc1cc(F)c(C(C)C)cc1-c1ccc(S(C)=O)cc1CN1C(=O)OC(c2cc(C(F)(F)F)cc(C(F)(F)F)c2)C1C. The standard InChI is InChI=1S/C30H28F7NO4S/c1-15(2)23-12-24(26(41-4)13-25(23)31)22-7-6-21(43(5)40)10-18(22)14-38-16(3)27(42-28(38)39)17-8-19(29(32,33)34)11-20(9-17)30(35,36)37/h6-13,15-16,27H,14H2,1-5H3. The van der Waals surface area contributed by atoms with Gasteiger partial charge in [-0.2, -0.15) is 26.3 Å². The third-order valence-corrected chi connectivity index (χ3v) is 8.23. The molecule has 1 heterocycles. The molecule has 3 unspecified atom stereocenters. The summed E-state index contributed by atoms with van der Waals surface area (Å²) < 4.78 is 119. The molecule has 232 valence electrons. The van der Waals surface area contributed by atoms with E-state index in [4.69, 9.17) is 9.47 Å². The molecule has 0 radical (unpaired) electrons. The van der Waals surface area contributed by atoms with Crippen molar-refractivity contribution in [3.63, 3.8) is 0 Å². The van der Waals surface area contributed by atoms with Crippen LogP contribution < -0.4 is 4.74 Å². The number of hydrogen-bond donors (Lipinski definition) is 0. The number of rotatable bonds is 7. The molecule has 0 aromatic heterocycles. The number of halogens is 7. The van der Waals surface area contributed by atoms with E-state index in [1.807, 2.05) is 0 Å². The molecular formula is C30H28F7NO4S. The number of amides is 1. The number of carbonyl (C=O) groups excluding carboxylic acids is 1. The maximum Gasteiger partial charge on any atom is 0.416 e. The van der Waals surface area contributed by atoms with Crippen LogP contribution in [0.1, 0.15) is 60.6 Å². The van der Waals surface area contributed by atoms with Crippen molar-refractivity contribution < 1.29 is 49.2 Å². The maximum atomic E-state index is 14.8. The Morgan fingerprint density at radius 3 is 2.07 bits per heavy atom. The van der Waals surface area contributed by atoms with Crippen molar-refractivity contribution in [2.75, 3.05) is 13.4 Å². The molecule has 13 heteroatoms. The number of ether oxygens (including phenoxy) is 2. The van der Waals surface area contributed by atoms with Gasteiger partial charge in [-0.25, -0.2) is 9.18 Å². The molecule has 0 bridgehead atoms. The summed E-state index contributed by atoms with van der Waals surface area (Å²) >= 11 is 0. The van der Waals surface area contributed by atoms with Crippen LogP contribution in [-0.4, -0.2) is 34.6 Å². The van der Waals surface area contributed by atoms with E-state index in [1.165, 1.54) is 31.3 Å². The Hall–Kier alpha value is -3.61. The minimum Gasteiger partial charge on any atom is -0.496 e. The van der Waals surface area contributed by atoms with Crippen LogP contribution in [0.25, 0.3) is 11.1 Å². The summed E-state index contributed by atoms with van der Waals surface area (Å²) in [6, 6.07) is 7.73. The highest BCUT2D eigenvalue weighted by Crippen LogP contribution is 2.42. The quantitative estimate of drug-likeness (QED) is 0.246. The van der Waals surface area contributed by atoms with Crippen molar-refractivity contribution in [3.8, 4) is 16.9 Å². The minimum atomic E-state index is -5.07. The largest absolute Gasteiger partial charge is 0.496 e. The summed E-state index contributed by atoms with van der Waals surface area (Å²) in [5, 5.41) is 0. The number of hydrogen-bond acceptors (Lipinski definition) is 4. The van der Waals surface area contributed by atoms with Gasteiger partial charge in [0.25, 0.3) is 0 Å². The van der Waals surface area contributed by atoms with Gasteiger partial charge in [-0.3, -0.25) is 9.11 Å². The lowest BCUT2D eigenvalue weighted by atomic mass is 9.93. The van der Waals surface area contributed by atoms with E-state index in [-0.39, 0.29) is 24.3 Å². The molecular weight excluding hydrogens is 603 g/mol. The van der Waals surface area contributed by atoms with Crippen molar-refractivity contribution in [2.45, 2.75) is 62.6 Å². The van der Waals surface area contributed by atoms with E-state index in [9.17, 15) is 39.7 Å². The van der Waals surface area contributed by atoms with Gasteiger partial charge in [-0.1, -0.05) is 19.9 Å². The van der Waals surface area contributed by atoms with E-state index in [0.717, 1.165) is 0 Å². The Labute approximate surface area is 246 Å². The molecule has 4 rings (SSSR count). The first-order valence-electron chi connectivity index (χ1n) is 13.0. The maximum absolute atomic E-state index is 14.8. The first-order chi connectivity index (χ1) is 19.9. The summed E-state index contributed by atoms with van der Waals surface area (Å²) in [6.45, 7) is 4.84. The molecule has 5 nitrogen and oxygen atoms in total. The first kappa shape index (κ1) is 32.3. The number of benzene rings is 3. The molecule has 3 aromatic carbocycles. The molecule has 0 N–H and O–H groups in total. The molecule has 0 aliphatic carbocycles. The average molecular weight is 632 g/mol. The van der Waals surface area contributed by atoms with Crippen LogP contribution >= 0.6 is 0 Å². The third-order valence-electron chi connectivity index (χ3n) is 7.31. The smallest absolute Gasteiger partial charge is 0.416 e. The lowest BCUT2D eigenvalue weighted by Gasteiger charge is -2.24. The van der Waals surface area contributed by atoms with Crippen LogP contribution in [0.15, 0.2) is 53.4 Å². The predicted molar refractivity (Wildman–Crippen MR) is 145 cm³/mol. The molecule has 3 aromatic rings. The summed E-state index contributed by atoms with van der Waals surface area (Å²) in [6.07, 6.45) is -11.1. The van der Waals surface area contributed by atoms with Gasteiger partial charge < -0.3 is 9.47 Å². The fourth-order valence-electron chi connectivity index (χ4n) is 5.02. The van der Waals surface area contributed by atoms with Crippen LogP contribution in [0.3, 0.4) is 0 Å². The summed E-state index contributed by atoms with van der Waals surface area (Å²) in [5.41, 5.74) is -1.72. The van der Waals surface area contributed by atoms with Gasteiger partial charge in [-0.05, 0) is 71.5 Å². The molecule has 0 spiro atoms. The number of nitrogens with zero attached hydrogens (tertiary/aromatic N) is 1. The molecule has 1 saturated heterocycles. The summed E-state index contributed by atoms with van der Waals surface area (Å²) in [5.74, 6) is -0.492. The second-order valence-corrected chi connectivity index (χ2v) is 11.9. The first-order valence-corrected chi connectivity index (χ1v) is 14.6. The zero-order valence-corrected chi connectivity index (χ0v) is 24.5. The van der Waals surface area contributed by atoms with Gasteiger partial charge >= 0.3 is 18.4 Å². The Balaban J connectivity index is 1.80. The van der Waals surface area contributed by atoms with Crippen molar-refractivity contribution in [1.29, 1.82) is 0 Å². The van der Waals surface area contributed by atoms with E-state index < -0.39 is 63.9 Å². The van der Waals surface area contributed by atoms with Crippen LogP contribution in [0.2, 0.25) is 0 Å². The zero-order chi connectivity index (χ0) is 32.0. The second kappa shape index (κ2) is 11.8. The Kier molecular flexibility index (Phi) is 8.88. The third kappa shape index (κ3) is 6.66. The molecule has 1 fully saturated rings. The molecule has 43 heavy (non-hydrogen) atoms. The highest BCUT2D eigenvalue weighted by atomic mass is 32.2. The summed E-state index contributed by atoms with van der Waals surface area (Å²) in [4.78, 5) is 14.6. The Bertz CT molecular complexity index is 1540. The van der Waals surface area contributed by atoms with Gasteiger partial charge in [0.2, 0.25) is 0 Å². The van der Waals surface area contributed by atoms with Crippen LogP contribution in [0.5, 0.6) is 5.75 Å². The van der Waals surface area contributed by atoms with Gasteiger partial charge in [0.15, 0.2) is 0 Å². The summed E-state index contributed by atoms with van der Waals surface area (Å²) in [7, 11) is -0.0868. The van der Waals surface area contributed by atoms with Gasteiger partial charge in [0.1, 0.15) is 17.7 Å². The molecule has 1 aliphatic heterocycles. The zero-order valence-electron chi connectivity index (χ0n) is 23.7. The van der Waals surface area contributed by atoms with E-state index in [2.05, 4.69) is 0 Å². The fourth-order valence-corrected chi connectivity index (χ4v) is 5.59. The van der Waals surface area contributed by atoms with Gasteiger partial charge in [0.05, 0.1) is 30.8 Å². The van der Waals surface area contributed by atoms with Crippen molar-refractivity contribution >= 4 is 16.9 Å². The molecule has 1 aliphatic rings. The van der Waals surface area contributed by atoms with E-state index in [1.54, 1.807) is 38.1 Å². The van der Waals surface area contributed by atoms with E-state index >= 15 is 0 Å². The van der Waals surface area contributed by atoms with Crippen LogP contribution in [0.4, 0.5) is 35.5 Å². The van der Waals surface area contributed by atoms with Gasteiger partial charge in [0, 0.05) is 33.6 Å². The average Bonchev–Trinajstić information content (AvgIpc) is 3.19. The minimum absolute atomic E-state index is 0.00680. The number of cyclic esters (lactones) is 1. The highest BCUT2D eigenvalue weighted by Gasteiger charge is 2.43. The van der Waals surface area contributed by atoms with Crippen LogP contribution in [0, 0.1) is 5.82 Å². The normalized spacial score (nSPS) is 18.3. The monoisotopic (exact) mass is 631 g/mol. The van der Waals surface area contributed by atoms with Crippen LogP contribution in [-0.2, 0) is 34.4 Å². The molecule has 3 atom stereocenters. The lowest BCUT2D eigenvalue weighted by molar-refractivity contribution is -0.143. The van der Waals surface area contributed by atoms with Crippen molar-refractivity contribution in [3.05, 3.63) is 82.2 Å². The number of methoxy groups -OCH3 is 1. The number of alkyl halides is 6. The van der Waals surface area contributed by atoms with E-state index in [0.29, 0.717) is 39.3 Å². The Morgan fingerprint density at radius 2 is 1.56 bits per heavy atom.